The Morgan fingerprint density at radius 1 is 0.714 bits per heavy atom. The number of hydrazine groups is 1. The molecular formula is C83H93Cl3N14O26. The van der Waals surface area contributed by atoms with Crippen molar-refractivity contribution >= 4 is 99.9 Å². The van der Waals surface area contributed by atoms with Crippen molar-refractivity contribution in [3.05, 3.63) is 180 Å². The van der Waals surface area contributed by atoms with Crippen molar-refractivity contribution in [2.75, 3.05) is 38.7 Å². The van der Waals surface area contributed by atoms with E-state index < -0.39 is 260 Å². The molecule has 40 nitrogen and oxygen atoms in total. The number of hydrogen-bond donors (Lipinski definition) is 22. The zero-order valence-electron chi connectivity index (χ0n) is 67.8. The topological polar surface area (TPSA) is 605 Å². The second kappa shape index (κ2) is 40.3. The van der Waals surface area contributed by atoms with Crippen LogP contribution in [0.2, 0.25) is 15.1 Å². The fraction of sp³-hybridized carbons (Fsp3) is 0.386. The summed E-state index contributed by atoms with van der Waals surface area (Å²) in [6.45, 7) is 4.78. The Bertz CT molecular complexity index is 5380. The van der Waals surface area contributed by atoms with E-state index in [0.29, 0.717) is 10.6 Å². The van der Waals surface area contributed by atoms with Crippen molar-refractivity contribution < 1.29 is 123 Å². The van der Waals surface area contributed by atoms with Gasteiger partial charge in [-0.05, 0) is 145 Å². The number of phenolic OH excluding ortho intramolecular Hbond substituents is 3. The van der Waals surface area contributed by atoms with E-state index >= 15 is 24.0 Å². The predicted molar refractivity (Wildman–Crippen MR) is 446 cm³/mol. The third kappa shape index (κ3) is 21.5. The zero-order chi connectivity index (χ0) is 91.0. The standard InChI is InChI=1S/C83H93Cl3N14O26/c1-35(2)24-48(88-5)74(113)97-65-67(108)39-10-15-52(46(85)26-39)122-54-28-41-29-55(71(54)126-81-72(70(111)69(110)56(34-102)124-81)125-60-33-83(4,73(112)36(3)121-60)89-19-22-100-21-18-58(93-82(100)120)92-59(107)17-8-37-6-12-42(84)13-7-37)123-53-16-11-40(27-47(53)86)68(109)66-79(118)96-64(80(119)99-90-20-23-101)45-30-43(103)31-51(105)61(45)44-25-38(9-14-50(44)104)62(76(115)98-66)95-77(116)63(41)94-75(114)49(32-57(87)106)91-78(65)117/h6-18,21,25-31,35-36,48-49,56,60,62-70,72-73,81,88-90,101-105,108-112H,19-20,22-24,32-34H2,1-5H3,(H2,87,106)(H,91,117)(H,94,114)(H,95,116)(H,96,118)(H,97,113)(H,98,115)(H,99,119)(H,92,93,107,120)/b17-8+/t36-,48+,49-,56+,60-,62+,63+,64+,65+,66-,67+,68+,69+,70-,72+,73+,81?,83+/m0/s1. The smallest absolute Gasteiger partial charge is 0.349 e. The molecule has 23 N–H and O–H groups in total. The summed E-state index contributed by atoms with van der Waals surface area (Å²) in [7, 11) is 1.47. The number of aromatic nitrogens is 2. The number of aromatic hydroxyl groups is 3. The van der Waals surface area contributed by atoms with Crippen LogP contribution in [-0.2, 0) is 63.9 Å². The van der Waals surface area contributed by atoms with Gasteiger partial charge in [0, 0.05) is 66.1 Å². The number of anilines is 1. The van der Waals surface area contributed by atoms with E-state index in [-0.39, 0.29) is 66.7 Å². The second-order valence-corrected chi connectivity index (χ2v) is 32.3. The summed E-state index contributed by atoms with van der Waals surface area (Å²) in [5.41, 5.74) is 6.31. The first-order valence-corrected chi connectivity index (χ1v) is 40.7. The number of aliphatic hydroxyl groups excluding tert-OH is 7. The molecule has 2 fully saturated rings. The van der Waals surface area contributed by atoms with Crippen LogP contribution in [-0.4, -0.2) is 226 Å². The van der Waals surface area contributed by atoms with Gasteiger partial charge >= 0.3 is 5.69 Å². The zero-order valence-corrected chi connectivity index (χ0v) is 70.1. The number of carbonyl (C=O) groups excluding carboxylic acids is 9. The molecule has 672 valence electrons. The molecule has 43 heteroatoms. The van der Waals surface area contributed by atoms with Gasteiger partial charge in [-0.3, -0.25) is 53.1 Å². The Kier molecular flexibility index (Phi) is 29.9. The van der Waals surface area contributed by atoms with E-state index in [9.17, 15) is 75.0 Å². The van der Waals surface area contributed by atoms with Crippen LogP contribution < -0.4 is 84.3 Å². The Morgan fingerprint density at radius 3 is 2.00 bits per heavy atom. The molecule has 2 saturated heterocycles. The Morgan fingerprint density at radius 2 is 1.37 bits per heavy atom. The lowest BCUT2D eigenvalue weighted by molar-refractivity contribution is -0.334. The number of amides is 9. The number of benzene rings is 6. The number of nitrogens with one attached hydrogen (secondary N) is 11. The number of phenols is 3. The molecule has 14 rings (SSSR count). The highest BCUT2D eigenvalue weighted by Gasteiger charge is 2.52. The normalized spacial score (nSPS) is 25.9. The molecule has 0 spiro atoms. The van der Waals surface area contributed by atoms with Crippen molar-refractivity contribution in [3.63, 3.8) is 0 Å². The summed E-state index contributed by atoms with van der Waals surface area (Å²) in [4.78, 5) is 150. The minimum Gasteiger partial charge on any atom is -0.508 e. The molecule has 0 aliphatic carbocycles. The molecular weight excluding hydrogens is 1720 g/mol. The number of rotatable bonds is 23. The molecule has 126 heavy (non-hydrogen) atoms. The fourth-order valence-electron chi connectivity index (χ4n) is 15.0. The molecule has 11 bridgehead atoms. The molecule has 1 aromatic heterocycles. The first kappa shape index (κ1) is 93.5. The van der Waals surface area contributed by atoms with Gasteiger partial charge in [0.2, 0.25) is 59.3 Å². The molecule has 0 radical (unpaired) electrons. The number of fused-ring (bicyclic) bond motifs is 15. The molecule has 7 aromatic rings. The van der Waals surface area contributed by atoms with E-state index in [0.717, 1.165) is 66.7 Å². The van der Waals surface area contributed by atoms with Gasteiger partial charge in [0.05, 0.1) is 47.9 Å². The van der Waals surface area contributed by atoms with Crippen LogP contribution in [0.4, 0.5) is 5.82 Å². The first-order chi connectivity index (χ1) is 59.9. The van der Waals surface area contributed by atoms with E-state index in [1.807, 2.05) is 13.8 Å². The molecule has 18 atom stereocenters. The Labute approximate surface area is 732 Å². The highest BCUT2D eigenvalue weighted by molar-refractivity contribution is 6.32. The first-order valence-electron chi connectivity index (χ1n) is 39.6. The van der Waals surface area contributed by atoms with Crippen LogP contribution in [0, 0.1) is 5.92 Å². The second-order valence-electron chi connectivity index (χ2n) is 31.0. The fourth-order valence-corrected chi connectivity index (χ4v) is 15.6. The van der Waals surface area contributed by atoms with Crippen LogP contribution in [0.15, 0.2) is 126 Å². The van der Waals surface area contributed by atoms with Crippen LogP contribution in [0.5, 0.6) is 46.0 Å². The maximum atomic E-state index is 16.3. The third-order valence-corrected chi connectivity index (χ3v) is 22.3. The number of nitrogens with zero attached hydrogens (tertiary/aromatic N) is 2. The summed E-state index contributed by atoms with van der Waals surface area (Å²) in [5.74, 6) is -16.2. The lowest BCUT2D eigenvalue weighted by Crippen LogP contribution is -2.65. The van der Waals surface area contributed by atoms with Crippen molar-refractivity contribution in [3.8, 4) is 57.1 Å². The van der Waals surface area contributed by atoms with E-state index in [4.69, 9.17) is 69.0 Å². The molecule has 0 saturated carbocycles. The lowest BCUT2D eigenvalue weighted by Gasteiger charge is -2.48. The number of primary amides is 1. The van der Waals surface area contributed by atoms with Crippen LogP contribution in [0.3, 0.4) is 0 Å². The monoisotopic (exact) mass is 1810 g/mol. The number of aliphatic hydroxyl groups is 7. The number of likely N-dealkylation sites (N-methyl/N-ethyl adjacent to an activating group) is 1. The van der Waals surface area contributed by atoms with Crippen molar-refractivity contribution in [1.29, 1.82) is 0 Å². The maximum Gasteiger partial charge on any atom is 0.349 e. The van der Waals surface area contributed by atoms with Gasteiger partial charge in [-0.25, -0.2) is 10.2 Å². The predicted octanol–water partition coefficient (Wildman–Crippen LogP) is 0.828. The number of halogens is 3. The molecule has 1 unspecified atom stereocenters. The SMILES string of the molecule is CN[C@H](CC(C)C)C(=O)N[C@H]1C(=O)N[C@@H](CC(N)=O)C(=O)N[C@H]2C(=O)N[C@H]3C(=O)N[C@H](C(=O)N[C@@H](C(=O)NNCCO)c4cc(O)cc(O)c4-c4cc3ccc4O)[C@H](O)c3ccc(c(Cl)c3)Oc3cc2cc(c3OC2O[C@H](CO)[C@@H](O)[C@H](O)[C@H]2O[C@H]2C[C@@](C)(NCCn3ccc(NC(=O)/C=C/c4ccc(Cl)cc4)nc3=O)[C@H](O)[C@H](C)O2)Oc2ccc(cc2Cl)[C@H]1O. The molecule has 9 amide bonds. The minimum absolute atomic E-state index is 0.0368. The van der Waals surface area contributed by atoms with Gasteiger partial charge < -0.3 is 133 Å². The largest absolute Gasteiger partial charge is 0.508 e. The van der Waals surface area contributed by atoms with Gasteiger partial charge in [0.15, 0.2) is 23.9 Å². The summed E-state index contributed by atoms with van der Waals surface area (Å²) < 4.78 is 40.6. The van der Waals surface area contributed by atoms with E-state index in [1.165, 1.54) is 55.1 Å². The highest BCUT2D eigenvalue weighted by atomic mass is 35.5. The van der Waals surface area contributed by atoms with Crippen LogP contribution in [0.25, 0.3) is 17.2 Å². The summed E-state index contributed by atoms with van der Waals surface area (Å²) in [6, 6.07) is 7.52. The van der Waals surface area contributed by atoms with Crippen molar-refractivity contribution in [2.45, 2.75) is 163 Å². The molecule has 6 aromatic carbocycles. The van der Waals surface area contributed by atoms with Gasteiger partial charge in [-0.1, -0.05) is 79.0 Å². The van der Waals surface area contributed by atoms with E-state index in [2.05, 4.69) is 63.7 Å². The van der Waals surface area contributed by atoms with Crippen LogP contribution >= 0.6 is 34.8 Å². The number of ether oxygens (including phenoxy) is 6. The molecule has 7 aliphatic heterocycles. The van der Waals surface area contributed by atoms with Crippen molar-refractivity contribution in [2.24, 2.45) is 11.7 Å². The molecule has 7 aliphatic rings. The quantitative estimate of drug-likeness (QED) is 0.0240. The van der Waals surface area contributed by atoms with Gasteiger partial charge in [-0.2, -0.15) is 4.98 Å². The van der Waals surface area contributed by atoms with Gasteiger partial charge in [0.25, 0.3) is 5.91 Å². The molecule has 8 heterocycles. The Balaban J connectivity index is 0.997. The summed E-state index contributed by atoms with van der Waals surface area (Å²) in [5, 5.41) is 139. The highest BCUT2D eigenvalue weighted by Crippen LogP contribution is 2.50. The van der Waals surface area contributed by atoms with Gasteiger partial charge in [-0.15, -0.1) is 0 Å². The summed E-state index contributed by atoms with van der Waals surface area (Å²) >= 11 is 20.3. The number of carbonyl (C=O) groups is 9. The van der Waals surface area contributed by atoms with Gasteiger partial charge in [0.1, 0.15) is 101 Å². The summed E-state index contributed by atoms with van der Waals surface area (Å²) in [6.07, 6.45) is -15.4. The maximum absolute atomic E-state index is 16.3. The lowest BCUT2D eigenvalue weighted by atomic mass is 9.85. The van der Waals surface area contributed by atoms with E-state index in [1.54, 1.807) is 31.2 Å². The number of hydrogen-bond acceptors (Lipinski definition) is 30. The average molecular weight is 1810 g/mol. The number of nitrogens with two attached hydrogens (primary N) is 1. The average Bonchev–Trinajstić information content (AvgIpc) is 0.764. The van der Waals surface area contributed by atoms with Crippen LogP contribution in [0.1, 0.15) is 111 Å². The third-order valence-electron chi connectivity index (χ3n) is 21.5. The Hall–Kier alpha value is -11.7. The minimum atomic E-state index is -2.40. The van der Waals surface area contributed by atoms with Crippen molar-refractivity contribution in [1.82, 2.24) is 62.9 Å².